The lowest BCUT2D eigenvalue weighted by atomic mass is 10.1. The van der Waals surface area contributed by atoms with E-state index in [2.05, 4.69) is 0 Å². The van der Waals surface area contributed by atoms with Gasteiger partial charge in [0.15, 0.2) is 5.76 Å². The normalized spacial score (nSPS) is 15.8. The topological polar surface area (TPSA) is 93.6 Å². The van der Waals surface area contributed by atoms with Gasteiger partial charge in [0.05, 0.1) is 6.04 Å². The lowest BCUT2D eigenvalue weighted by molar-refractivity contribution is 0.0634. The zero-order valence-electron chi connectivity index (χ0n) is 13.9. The Labute approximate surface area is 151 Å². The van der Waals surface area contributed by atoms with Gasteiger partial charge in [-0.15, -0.1) is 0 Å². The van der Waals surface area contributed by atoms with Gasteiger partial charge in [0.25, 0.3) is 15.9 Å². The van der Waals surface area contributed by atoms with E-state index in [0.29, 0.717) is 10.6 Å². The van der Waals surface area contributed by atoms with Crippen molar-refractivity contribution >= 4 is 27.5 Å². The highest BCUT2D eigenvalue weighted by Gasteiger charge is 2.38. The number of halogens is 1. The van der Waals surface area contributed by atoms with Gasteiger partial charge in [0.2, 0.25) is 5.09 Å². The molecule has 1 unspecified atom stereocenters. The number of benzene rings is 1. The highest BCUT2D eigenvalue weighted by Crippen LogP contribution is 2.36. The predicted molar refractivity (Wildman–Crippen MR) is 93.9 cm³/mol. The molecule has 1 amide bonds. The Bertz CT molecular complexity index is 901. The molecule has 1 aliphatic carbocycles. The molecule has 1 fully saturated rings. The molecule has 1 aliphatic rings. The summed E-state index contributed by atoms with van der Waals surface area (Å²) in [5.41, 5.74) is 1.39. The van der Waals surface area contributed by atoms with E-state index in [1.54, 1.807) is 24.0 Å². The number of sulfonamides is 1. The first kappa shape index (κ1) is 18.0. The summed E-state index contributed by atoms with van der Waals surface area (Å²) in [6.07, 6.45) is 1.82. The Morgan fingerprint density at radius 3 is 2.40 bits per heavy atom. The Kier molecular flexibility index (Phi) is 4.66. The van der Waals surface area contributed by atoms with E-state index < -0.39 is 15.1 Å². The summed E-state index contributed by atoms with van der Waals surface area (Å²) in [5, 5.41) is 5.32. The van der Waals surface area contributed by atoms with E-state index in [1.807, 2.05) is 19.1 Å². The summed E-state index contributed by atoms with van der Waals surface area (Å²) in [4.78, 5) is 14.8. The molecular formula is C17H19ClN2O4S. The number of aryl methyl sites for hydroxylation is 1. The minimum atomic E-state index is -4.00. The number of rotatable bonds is 5. The van der Waals surface area contributed by atoms with Gasteiger partial charge in [0.1, 0.15) is 0 Å². The molecule has 0 radical (unpaired) electrons. The van der Waals surface area contributed by atoms with Crippen LogP contribution in [0.15, 0.2) is 39.8 Å². The van der Waals surface area contributed by atoms with Crippen molar-refractivity contribution < 1.29 is 17.6 Å². The standard InChI is InChI=1S/C17H19ClN2O4S/c1-10-9-15(25(19,22)23)24-16(10)17(21)20(14-7-8-14)11(2)12-3-5-13(18)6-4-12/h3-6,9,11,14H,7-8H2,1-2H3,(H2,19,22,23). The highest BCUT2D eigenvalue weighted by atomic mass is 35.5. The average molecular weight is 383 g/mol. The van der Waals surface area contributed by atoms with Crippen molar-refractivity contribution in [1.82, 2.24) is 4.90 Å². The van der Waals surface area contributed by atoms with Crippen LogP contribution in [0.3, 0.4) is 0 Å². The Hall–Kier alpha value is -1.83. The number of hydrogen-bond donors (Lipinski definition) is 1. The molecule has 3 rings (SSSR count). The number of furan rings is 1. The molecule has 2 aromatic rings. The third kappa shape index (κ3) is 3.73. The first-order valence-corrected chi connectivity index (χ1v) is 9.82. The van der Waals surface area contributed by atoms with Crippen LogP contribution in [0, 0.1) is 6.92 Å². The molecule has 134 valence electrons. The van der Waals surface area contributed by atoms with Crippen LogP contribution in [0.5, 0.6) is 0 Å². The number of primary sulfonamides is 1. The van der Waals surface area contributed by atoms with Crippen LogP contribution in [0.4, 0.5) is 0 Å². The lowest BCUT2D eigenvalue weighted by Gasteiger charge is -2.29. The molecule has 0 spiro atoms. The summed E-state index contributed by atoms with van der Waals surface area (Å²) in [5.74, 6) is -0.325. The third-order valence-corrected chi connectivity index (χ3v) is 5.33. The second-order valence-corrected chi connectivity index (χ2v) is 8.22. The smallest absolute Gasteiger partial charge is 0.290 e. The summed E-state index contributed by atoms with van der Waals surface area (Å²) in [6.45, 7) is 3.56. The summed E-state index contributed by atoms with van der Waals surface area (Å²) in [6, 6.07) is 8.50. The monoisotopic (exact) mass is 382 g/mol. The quantitative estimate of drug-likeness (QED) is 0.858. The average Bonchev–Trinajstić information content (AvgIpc) is 3.27. The first-order valence-electron chi connectivity index (χ1n) is 7.90. The van der Waals surface area contributed by atoms with E-state index in [1.165, 1.54) is 6.07 Å². The molecule has 0 saturated heterocycles. The Morgan fingerprint density at radius 2 is 1.92 bits per heavy atom. The molecule has 1 saturated carbocycles. The molecule has 8 heteroatoms. The van der Waals surface area contributed by atoms with Crippen molar-refractivity contribution in [1.29, 1.82) is 0 Å². The van der Waals surface area contributed by atoms with Gasteiger partial charge in [-0.3, -0.25) is 4.79 Å². The molecule has 1 aromatic heterocycles. The number of amides is 1. The van der Waals surface area contributed by atoms with Crippen molar-refractivity contribution in [3.63, 3.8) is 0 Å². The van der Waals surface area contributed by atoms with Gasteiger partial charge < -0.3 is 9.32 Å². The van der Waals surface area contributed by atoms with Crippen LogP contribution < -0.4 is 5.14 Å². The molecule has 0 bridgehead atoms. The number of hydrogen-bond acceptors (Lipinski definition) is 4. The van der Waals surface area contributed by atoms with E-state index in [0.717, 1.165) is 18.4 Å². The van der Waals surface area contributed by atoms with E-state index in [4.69, 9.17) is 21.2 Å². The highest BCUT2D eigenvalue weighted by molar-refractivity contribution is 7.89. The van der Waals surface area contributed by atoms with E-state index in [-0.39, 0.29) is 23.8 Å². The van der Waals surface area contributed by atoms with Crippen LogP contribution in [0.1, 0.15) is 47.5 Å². The largest absolute Gasteiger partial charge is 0.438 e. The van der Waals surface area contributed by atoms with E-state index >= 15 is 0 Å². The Morgan fingerprint density at radius 1 is 1.32 bits per heavy atom. The minimum absolute atomic E-state index is 0.0109. The van der Waals surface area contributed by atoms with Crippen LogP contribution in [0.25, 0.3) is 0 Å². The van der Waals surface area contributed by atoms with Crippen LogP contribution in [-0.4, -0.2) is 25.3 Å². The summed E-state index contributed by atoms with van der Waals surface area (Å²) < 4.78 is 28.2. The first-order chi connectivity index (χ1) is 11.7. The number of nitrogens with zero attached hydrogens (tertiary/aromatic N) is 1. The SMILES string of the molecule is Cc1cc(S(N)(=O)=O)oc1C(=O)N(C1CC1)C(C)c1ccc(Cl)cc1. The summed E-state index contributed by atoms with van der Waals surface area (Å²) in [7, 11) is -4.00. The number of nitrogens with two attached hydrogens (primary N) is 1. The second kappa shape index (κ2) is 6.48. The number of carbonyl (C=O) groups is 1. The van der Waals surface area contributed by atoms with Gasteiger partial charge >= 0.3 is 0 Å². The fourth-order valence-corrected chi connectivity index (χ4v) is 3.50. The second-order valence-electron chi connectivity index (χ2n) is 6.29. The zero-order chi connectivity index (χ0) is 18.4. The molecule has 0 aliphatic heterocycles. The van der Waals surface area contributed by atoms with E-state index in [9.17, 15) is 13.2 Å². The maximum atomic E-state index is 13.0. The maximum absolute atomic E-state index is 13.0. The van der Waals surface area contributed by atoms with Crippen LogP contribution >= 0.6 is 11.6 Å². The molecule has 1 aromatic carbocycles. The van der Waals surface area contributed by atoms with Gasteiger partial charge in [-0.25, -0.2) is 13.6 Å². The lowest BCUT2D eigenvalue weighted by Crippen LogP contribution is -2.35. The molecule has 2 N–H and O–H groups in total. The van der Waals surface area contributed by atoms with Crippen molar-refractivity contribution in [2.45, 2.75) is 43.9 Å². The van der Waals surface area contributed by atoms with Crippen LogP contribution in [0.2, 0.25) is 5.02 Å². The van der Waals surface area contributed by atoms with Gasteiger partial charge in [-0.1, -0.05) is 23.7 Å². The van der Waals surface area contributed by atoms with Crippen molar-refractivity contribution in [2.75, 3.05) is 0 Å². The van der Waals surface area contributed by atoms with Gasteiger partial charge in [0, 0.05) is 22.7 Å². The van der Waals surface area contributed by atoms with Crippen molar-refractivity contribution in [3.05, 3.63) is 52.2 Å². The molecule has 1 heterocycles. The molecule has 1 atom stereocenters. The van der Waals surface area contributed by atoms with Crippen molar-refractivity contribution in [3.8, 4) is 0 Å². The summed E-state index contributed by atoms with van der Waals surface area (Å²) >= 11 is 5.93. The molecule has 25 heavy (non-hydrogen) atoms. The Balaban J connectivity index is 1.95. The molecular weight excluding hydrogens is 364 g/mol. The fourth-order valence-electron chi connectivity index (χ4n) is 2.84. The third-order valence-electron chi connectivity index (χ3n) is 4.31. The van der Waals surface area contributed by atoms with Gasteiger partial charge in [-0.05, 0) is 44.4 Å². The predicted octanol–water partition coefficient (Wildman–Crippen LogP) is 3.25. The molecule has 6 nitrogen and oxygen atoms in total. The fraction of sp³-hybridized carbons (Fsp3) is 0.353. The zero-order valence-corrected chi connectivity index (χ0v) is 15.5. The van der Waals surface area contributed by atoms with Crippen molar-refractivity contribution in [2.24, 2.45) is 5.14 Å². The number of carbonyl (C=O) groups excluding carboxylic acids is 1. The van der Waals surface area contributed by atoms with Crippen LogP contribution in [-0.2, 0) is 10.0 Å². The minimum Gasteiger partial charge on any atom is -0.438 e. The van der Waals surface area contributed by atoms with Gasteiger partial charge in [-0.2, -0.15) is 0 Å². The maximum Gasteiger partial charge on any atom is 0.290 e.